The van der Waals surface area contributed by atoms with E-state index in [0.717, 1.165) is 44.5 Å². The van der Waals surface area contributed by atoms with Crippen LogP contribution in [0.15, 0.2) is 72.8 Å². The number of carbonyl (C=O) groups excluding carboxylic acids is 4. The second-order valence-electron chi connectivity index (χ2n) is 18.7. The molecule has 0 atom stereocenters. The topological polar surface area (TPSA) is 166 Å². The standard InChI is InChI=1S/C55H74N8O8/c1-10-15-45-46-22-13-20-43(54(46)70-37-50(66)58-26-30-62(6)7)33-41-18-11-16-39(52(41)68-35-48(64)56-24-28-60(2)3)32-40-17-12-19-42(53(40)69-36-49(65)57-25-29-61(4)5)34-44-21-14-23-47(45)55(44)71-38-51(67)59-27-31-63(8)9/h1,11-14,16-23,45H,15,24-38H2,2-9H3,(H,56,64)(H,57,65)(H,58,66)(H,59,67). The van der Waals surface area contributed by atoms with Crippen molar-refractivity contribution in [3.63, 3.8) is 0 Å². The van der Waals surface area contributed by atoms with Crippen molar-refractivity contribution in [1.82, 2.24) is 40.9 Å². The lowest BCUT2D eigenvalue weighted by Gasteiger charge is -2.26. The van der Waals surface area contributed by atoms with Crippen molar-refractivity contribution in [1.29, 1.82) is 0 Å². The van der Waals surface area contributed by atoms with Crippen LogP contribution in [0.4, 0.5) is 0 Å². The van der Waals surface area contributed by atoms with Crippen molar-refractivity contribution in [3.05, 3.63) is 117 Å². The number of likely N-dealkylation sites (N-methyl/N-ethyl adjacent to an activating group) is 4. The first-order valence-electron chi connectivity index (χ1n) is 24.2. The fourth-order valence-electron chi connectivity index (χ4n) is 8.14. The lowest BCUT2D eigenvalue weighted by molar-refractivity contribution is -0.123. The van der Waals surface area contributed by atoms with Gasteiger partial charge in [-0.15, -0.1) is 12.3 Å². The number of hydrogen-bond acceptors (Lipinski definition) is 12. The molecular formula is C55H74N8O8. The third kappa shape index (κ3) is 17.6. The SMILES string of the molecule is C#CCC1c2cccc(c2OCC(=O)NCCN(C)C)Cc2cccc(c2OCC(=O)NCCN(C)C)Cc2cccc(c2OCC(=O)NCCN(C)C)Cc2cccc1c2OCC(=O)NCCN(C)C. The summed E-state index contributed by atoms with van der Waals surface area (Å²) >= 11 is 0. The van der Waals surface area contributed by atoms with Crippen LogP contribution in [0.3, 0.4) is 0 Å². The highest BCUT2D eigenvalue weighted by Crippen LogP contribution is 2.44. The van der Waals surface area contributed by atoms with Crippen molar-refractivity contribution in [2.24, 2.45) is 0 Å². The van der Waals surface area contributed by atoms with E-state index in [1.807, 2.05) is 149 Å². The van der Waals surface area contributed by atoms with Gasteiger partial charge >= 0.3 is 0 Å². The van der Waals surface area contributed by atoms with Crippen LogP contribution in [-0.2, 0) is 38.4 Å². The number of carbonyl (C=O) groups is 4. The summed E-state index contributed by atoms with van der Waals surface area (Å²) in [4.78, 5) is 61.4. The minimum atomic E-state index is -0.535. The average Bonchev–Trinajstić information content (AvgIpc) is 3.31. The Balaban J connectivity index is 1.71. The van der Waals surface area contributed by atoms with E-state index in [0.29, 0.717) is 81.8 Å². The van der Waals surface area contributed by atoms with Crippen molar-refractivity contribution in [2.45, 2.75) is 31.6 Å². The van der Waals surface area contributed by atoms with Crippen LogP contribution in [-0.4, -0.2) is 178 Å². The predicted molar refractivity (Wildman–Crippen MR) is 278 cm³/mol. The number of nitrogens with zero attached hydrogens (tertiary/aromatic N) is 4. The lowest BCUT2D eigenvalue weighted by atomic mass is 9.84. The molecule has 0 heterocycles. The van der Waals surface area contributed by atoms with E-state index in [4.69, 9.17) is 25.4 Å². The normalized spacial score (nSPS) is 12.3. The first kappa shape index (κ1) is 55.3. The molecule has 0 saturated carbocycles. The molecule has 0 aromatic heterocycles. The maximum atomic E-state index is 13.4. The van der Waals surface area contributed by atoms with Gasteiger partial charge in [0.15, 0.2) is 26.4 Å². The van der Waals surface area contributed by atoms with Gasteiger partial charge in [0.2, 0.25) is 0 Å². The van der Waals surface area contributed by atoms with Gasteiger partial charge in [-0.3, -0.25) is 19.2 Å². The molecule has 16 heteroatoms. The molecular weight excluding hydrogens is 901 g/mol. The Morgan fingerprint density at radius 1 is 0.451 bits per heavy atom. The summed E-state index contributed by atoms with van der Waals surface area (Å²) in [5.74, 6) is 3.23. The van der Waals surface area contributed by atoms with Gasteiger partial charge in [-0.05, 0) is 89.8 Å². The minimum Gasteiger partial charge on any atom is -0.483 e. The molecule has 4 aromatic carbocycles. The minimum absolute atomic E-state index is 0.212. The number of rotatable bonds is 25. The van der Waals surface area contributed by atoms with Crippen molar-refractivity contribution in [3.8, 4) is 35.3 Å². The van der Waals surface area contributed by atoms with Gasteiger partial charge in [-0.25, -0.2) is 0 Å². The molecule has 0 saturated heterocycles. The number of nitrogens with one attached hydrogen (secondary N) is 4. The van der Waals surface area contributed by atoms with Crippen LogP contribution >= 0.6 is 0 Å². The van der Waals surface area contributed by atoms with Crippen molar-refractivity contribution in [2.75, 3.05) is 135 Å². The van der Waals surface area contributed by atoms with Crippen LogP contribution in [0, 0.1) is 12.3 Å². The number of fused-ring (bicyclic) bond motifs is 8. The molecule has 0 spiro atoms. The predicted octanol–water partition coefficient (Wildman–Crippen LogP) is 3.15. The first-order chi connectivity index (χ1) is 34.1. The number of amides is 4. The average molecular weight is 975 g/mol. The van der Waals surface area contributed by atoms with Crippen LogP contribution in [0.5, 0.6) is 23.0 Å². The van der Waals surface area contributed by atoms with Crippen molar-refractivity contribution >= 4 is 23.6 Å². The second-order valence-corrected chi connectivity index (χ2v) is 18.7. The highest BCUT2D eigenvalue weighted by Gasteiger charge is 2.28. The summed E-state index contributed by atoms with van der Waals surface area (Å²) in [6.45, 7) is 3.41. The zero-order valence-corrected chi connectivity index (χ0v) is 43.0. The fraction of sp³-hybridized carbons (Fsp3) is 0.455. The number of terminal acetylenes is 1. The molecule has 0 fully saturated rings. The summed E-state index contributed by atoms with van der Waals surface area (Å²) in [6, 6.07) is 23.4. The van der Waals surface area contributed by atoms with E-state index in [2.05, 4.69) is 27.2 Å². The van der Waals surface area contributed by atoms with Gasteiger partial charge in [0.1, 0.15) is 23.0 Å². The molecule has 4 aromatic rings. The number of para-hydroxylation sites is 4. The van der Waals surface area contributed by atoms with Gasteiger partial charge < -0.3 is 59.8 Å². The van der Waals surface area contributed by atoms with E-state index in [9.17, 15) is 19.2 Å². The summed E-state index contributed by atoms with van der Waals surface area (Å²) in [7, 11) is 15.5. The molecule has 8 bridgehead atoms. The number of hydrogen-bond donors (Lipinski definition) is 4. The Morgan fingerprint density at radius 3 is 0.972 bits per heavy atom. The highest BCUT2D eigenvalue weighted by molar-refractivity contribution is 5.79. The monoisotopic (exact) mass is 975 g/mol. The Bertz CT molecular complexity index is 2290. The molecule has 71 heavy (non-hydrogen) atoms. The molecule has 4 amide bonds. The summed E-state index contributed by atoms with van der Waals surface area (Å²) in [6.07, 6.45) is 7.32. The molecule has 16 nitrogen and oxygen atoms in total. The molecule has 5 rings (SSSR count). The Labute approximate surface area is 420 Å². The third-order valence-electron chi connectivity index (χ3n) is 11.7. The van der Waals surface area contributed by atoms with E-state index in [1.54, 1.807) is 0 Å². The van der Waals surface area contributed by atoms with Gasteiger partial charge in [-0.2, -0.15) is 0 Å². The van der Waals surface area contributed by atoms with Crippen LogP contribution in [0.1, 0.15) is 56.8 Å². The zero-order valence-electron chi connectivity index (χ0n) is 43.0. The quantitative estimate of drug-likeness (QED) is 0.0719. The molecule has 4 N–H and O–H groups in total. The molecule has 1 aliphatic carbocycles. The lowest BCUT2D eigenvalue weighted by Crippen LogP contribution is -2.34. The van der Waals surface area contributed by atoms with E-state index in [-0.39, 0.29) is 69.3 Å². The Kier molecular flexibility index (Phi) is 22.0. The highest BCUT2D eigenvalue weighted by atomic mass is 16.5. The maximum Gasteiger partial charge on any atom is 0.257 e. The largest absolute Gasteiger partial charge is 0.483 e. The fourth-order valence-corrected chi connectivity index (χ4v) is 8.14. The summed E-state index contributed by atoms with van der Waals surface area (Å²) in [5.41, 5.74) is 6.04. The van der Waals surface area contributed by atoms with Gasteiger partial charge in [-0.1, -0.05) is 72.8 Å². The van der Waals surface area contributed by atoms with Crippen molar-refractivity contribution < 1.29 is 38.1 Å². The first-order valence-corrected chi connectivity index (χ1v) is 24.2. The van der Waals surface area contributed by atoms with E-state index in [1.165, 1.54) is 0 Å². The number of ether oxygens (including phenoxy) is 4. The van der Waals surface area contributed by atoms with Gasteiger partial charge in [0.25, 0.3) is 23.6 Å². The summed E-state index contributed by atoms with van der Waals surface area (Å²) in [5, 5.41) is 11.8. The zero-order chi connectivity index (χ0) is 51.3. The number of benzene rings is 4. The molecule has 0 unspecified atom stereocenters. The smallest absolute Gasteiger partial charge is 0.257 e. The van der Waals surface area contributed by atoms with Crippen LogP contribution in [0.25, 0.3) is 0 Å². The third-order valence-corrected chi connectivity index (χ3v) is 11.7. The molecule has 0 aliphatic heterocycles. The Morgan fingerprint density at radius 2 is 0.704 bits per heavy atom. The molecule has 0 radical (unpaired) electrons. The van der Waals surface area contributed by atoms with E-state index >= 15 is 0 Å². The van der Waals surface area contributed by atoms with Gasteiger partial charge in [0, 0.05) is 95.1 Å². The Hall–Kier alpha value is -6.64. The maximum absolute atomic E-state index is 13.4. The van der Waals surface area contributed by atoms with Crippen LogP contribution in [0.2, 0.25) is 0 Å². The molecule has 1 aliphatic rings. The van der Waals surface area contributed by atoms with E-state index < -0.39 is 5.92 Å². The second kappa shape index (κ2) is 28.3. The van der Waals surface area contributed by atoms with Gasteiger partial charge in [0.05, 0.1) is 0 Å². The molecule has 382 valence electrons. The van der Waals surface area contributed by atoms with Crippen LogP contribution < -0.4 is 40.2 Å². The summed E-state index contributed by atoms with van der Waals surface area (Å²) < 4.78 is 26.4.